The molecule has 2 amide bonds. The Bertz CT molecular complexity index is 582. The van der Waals surface area contributed by atoms with E-state index in [1.165, 1.54) is 5.30 Å². The highest BCUT2D eigenvalue weighted by Gasteiger charge is 2.12. The fraction of sp³-hybridized carbons (Fsp3) is 0.235. The van der Waals surface area contributed by atoms with Crippen molar-refractivity contribution in [1.82, 2.24) is 0 Å². The molecule has 0 aliphatic rings. The minimum absolute atomic E-state index is 0.198. The van der Waals surface area contributed by atoms with E-state index in [2.05, 4.69) is 30.5 Å². The van der Waals surface area contributed by atoms with Crippen LogP contribution in [0.3, 0.4) is 0 Å². The smallest absolute Gasteiger partial charge is 0.308 e. The molecule has 0 radical (unpaired) electrons. The van der Waals surface area contributed by atoms with Gasteiger partial charge in [0.1, 0.15) is 0 Å². The van der Waals surface area contributed by atoms with Gasteiger partial charge < -0.3 is 10.6 Å². The van der Waals surface area contributed by atoms with E-state index in [1.807, 2.05) is 48.5 Å². The summed E-state index contributed by atoms with van der Waals surface area (Å²) in [6.07, 6.45) is 2.26. The summed E-state index contributed by atoms with van der Waals surface area (Å²) in [5.41, 5.74) is 1.71. The first-order chi connectivity index (χ1) is 10.2. The van der Waals surface area contributed by atoms with Crippen LogP contribution in [0, 0.1) is 0 Å². The van der Waals surface area contributed by atoms with E-state index in [9.17, 15) is 4.79 Å². The molecule has 110 valence electrons. The lowest BCUT2D eigenvalue weighted by Crippen LogP contribution is -2.23. The maximum atomic E-state index is 12.1. The first kappa shape index (κ1) is 15.5. The van der Waals surface area contributed by atoms with Gasteiger partial charge in [0.15, 0.2) is 0 Å². The Labute approximate surface area is 127 Å². The van der Waals surface area contributed by atoms with Gasteiger partial charge in [-0.3, -0.25) is 0 Å². The molecule has 3 nitrogen and oxygen atoms in total. The quantitative estimate of drug-likeness (QED) is 0.785. The first-order valence-electron chi connectivity index (χ1n) is 7.21. The summed E-state index contributed by atoms with van der Waals surface area (Å²) < 4.78 is 0. The molecule has 0 aliphatic heterocycles. The molecule has 4 heteroatoms. The van der Waals surface area contributed by atoms with Gasteiger partial charge in [0.25, 0.3) is 0 Å². The third-order valence-electron chi connectivity index (χ3n) is 3.29. The van der Waals surface area contributed by atoms with Crippen molar-refractivity contribution in [2.75, 3.05) is 23.0 Å². The van der Waals surface area contributed by atoms with Crippen LogP contribution < -0.4 is 15.9 Å². The van der Waals surface area contributed by atoms with Crippen molar-refractivity contribution >= 4 is 30.6 Å². The number of carbonyl (C=O) groups is 1. The SMILES string of the molecule is CCP(CC)c1ccccc1NC(=O)Nc1ccccc1. The lowest BCUT2D eigenvalue weighted by Gasteiger charge is -2.18. The number of amides is 2. The van der Waals surface area contributed by atoms with E-state index in [-0.39, 0.29) is 14.0 Å². The lowest BCUT2D eigenvalue weighted by molar-refractivity contribution is 0.262. The van der Waals surface area contributed by atoms with Gasteiger partial charge >= 0.3 is 6.03 Å². The topological polar surface area (TPSA) is 41.1 Å². The van der Waals surface area contributed by atoms with E-state index in [4.69, 9.17) is 0 Å². The Balaban J connectivity index is 2.10. The van der Waals surface area contributed by atoms with Crippen molar-refractivity contribution in [2.45, 2.75) is 13.8 Å². The molecule has 0 spiro atoms. The van der Waals surface area contributed by atoms with Gasteiger partial charge in [0.05, 0.1) is 5.69 Å². The molecule has 2 rings (SSSR count). The monoisotopic (exact) mass is 300 g/mol. The van der Waals surface area contributed by atoms with Gasteiger partial charge in [-0.2, -0.15) is 0 Å². The van der Waals surface area contributed by atoms with E-state index >= 15 is 0 Å². The van der Waals surface area contributed by atoms with Crippen LogP contribution in [-0.4, -0.2) is 18.4 Å². The normalized spacial score (nSPS) is 10.4. The Morgan fingerprint density at radius 1 is 0.905 bits per heavy atom. The van der Waals surface area contributed by atoms with Crippen LogP contribution in [0.25, 0.3) is 0 Å². The van der Waals surface area contributed by atoms with Crippen LogP contribution in [-0.2, 0) is 0 Å². The maximum absolute atomic E-state index is 12.1. The highest BCUT2D eigenvalue weighted by atomic mass is 31.1. The predicted molar refractivity (Wildman–Crippen MR) is 93.2 cm³/mol. The Morgan fingerprint density at radius 2 is 1.52 bits per heavy atom. The van der Waals surface area contributed by atoms with Crippen LogP contribution in [0.5, 0.6) is 0 Å². The average molecular weight is 300 g/mol. The highest BCUT2D eigenvalue weighted by molar-refractivity contribution is 7.65. The highest BCUT2D eigenvalue weighted by Crippen LogP contribution is 2.35. The molecule has 0 bridgehead atoms. The van der Waals surface area contributed by atoms with Gasteiger partial charge in [-0.25, -0.2) is 4.79 Å². The number of benzene rings is 2. The standard InChI is InChI=1S/C17H21N2OP/c1-3-21(4-2)16-13-9-8-12-15(16)19-17(20)18-14-10-6-5-7-11-14/h5-13H,3-4H2,1-2H3,(H2,18,19,20). The molecule has 0 heterocycles. The number of nitrogens with one attached hydrogen (secondary N) is 2. The summed E-state index contributed by atoms with van der Waals surface area (Å²) >= 11 is 0. The maximum Gasteiger partial charge on any atom is 0.323 e. The summed E-state index contributed by atoms with van der Waals surface area (Å²) in [6, 6.07) is 17.4. The minimum Gasteiger partial charge on any atom is -0.308 e. The summed E-state index contributed by atoms with van der Waals surface area (Å²) in [4.78, 5) is 12.1. The minimum atomic E-state index is -0.204. The lowest BCUT2D eigenvalue weighted by atomic mass is 10.3. The van der Waals surface area contributed by atoms with Gasteiger partial charge in [-0.1, -0.05) is 58.2 Å². The third kappa shape index (κ3) is 4.30. The molecule has 2 aromatic rings. The molecule has 0 fully saturated rings. The van der Waals surface area contributed by atoms with Crippen molar-refractivity contribution in [3.63, 3.8) is 0 Å². The second-order valence-corrected chi connectivity index (χ2v) is 7.46. The molecule has 0 aromatic heterocycles. The van der Waals surface area contributed by atoms with Gasteiger partial charge in [0, 0.05) is 5.69 Å². The number of hydrogen-bond donors (Lipinski definition) is 2. The molecular weight excluding hydrogens is 279 g/mol. The van der Waals surface area contributed by atoms with E-state index in [1.54, 1.807) is 0 Å². The van der Waals surface area contributed by atoms with Gasteiger partial charge in [0.2, 0.25) is 0 Å². The van der Waals surface area contributed by atoms with E-state index < -0.39 is 0 Å². The number of hydrogen-bond acceptors (Lipinski definition) is 1. The van der Waals surface area contributed by atoms with E-state index in [0.29, 0.717) is 0 Å². The van der Waals surface area contributed by atoms with Gasteiger partial charge in [-0.05, 0) is 35.8 Å². The summed E-state index contributed by atoms with van der Waals surface area (Å²) in [6.45, 7) is 4.41. The molecule has 2 aromatic carbocycles. The van der Waals surface area contributed by atoms with Crippen molar-refractivity contribution in [2.24, 2.45) is 0 Å². The molecule has 0 unspecified atom stereocenters. The molecular formula is C17H21N2OP. The van der Waals surface area contributed by atoms with Crippen LogP contribution >= 0.6 is 7.92 Å². The zero-order valence-electron chi connectivity index (χ0n) is 12.5. The molecule has 0 saturated heterocycles. The molecule has 0 atom stereocenters. The molecule has 21 heavy (non-hydrogen) atoms. The van der Waals surface area contributed by atoms with Crippen LogP contribution in [0.2, 0.25) is 0 Å². The number of urea groups is 1. The summed E-state index contributed by atoms with van der Waals surface area (Å²) in [7, 11) is -0.204. The second kappa shape index (κ2) is 7.80. The molecule has 0 aliphatic carbocycles. The fourth-order valence-corrected chi connectivity index (χ4v) is 4.12. The largest absolute Gasteiger partial charge is 0.323 e. The number of carbonyl (C=O) groups excluding carboxylic acids is 1. The summed E-state index contributed by atoms with van der Waals surface area (Å²) in [5.74, 6) is 0. The van der Waals surface area contributed by atoms with Crippen LogP contribution in [0.1, 0.15) is 13.8 Å². The van der Waals surface area contributed by atoms with E-state index in [0.717, 1.165) is 23.7 Å². The zero-order valence-corrected chi connectivity index (χ0v) is 13.4. The molecule has 0 saturated carbocycles. The number of para-hydroxylation sites is 2. The Kier molecular flexibility index (Phi) is 5.77. The fourth-order valence-electron chi connectivity index (χ4n) is 2.23. The first-order valence-corrected chi connectivity index (χ1v) is 8.92. The Hall–Kier alpha value is -1.86. The average Bonchev–Trinajstić information content (AvgIpc) is 2.51. The Morgan fingerprint density at radius 3 is 2.19 bits per heavy atom. The third-order valence-corrected chi connectivity index (χ3v) is 5.89. The van der Waals surface area contributed by atoms with Crippen molar-refractivity contribution in [3.8, 4) is 0 Å². The van der Waals surface area contributed by atoms with Crippen molar-refractivity contribution in [1.29, 1.82) is 0 Å². The van der Waals surface area contributed by atoms with Crippen LogP contribution in [0.4, 0.5) is 16.2 Å². The molecule has 2 N–H and O–H groups in total. The second-order valence-electron chi connectivity index (χ2n) is 4.63. The number of rotatable bonds is 5. The predicted octanol–water partition coefficient (Wildman–Crippen LogP) is 4.48. The van der Waals surface area contributed by atoms with Gasteiger partial charge in [-0.15, -0.1) is 0 Å². The summed E-state index contributed by atoms with van der Waals surface area (Å²) in [5, 5.41) is 7.09. The zero-order chi connectivity index (χ0) is 15.1. The van der Waals surface area contributed by atoms with Crippen molar-refractivity contribution in [3.05, 3.63) is 54.6 Å². The van der Waals surface area contributed by atoms with Crippen LogP contribution in [0.15, 0.2) is 54.6 Å². The number of anilines is 2. The van der Waals surface area contributed by atoms with Crippen molar-refractivity contribution < 1.29 is 4.79 Å².